The first-order valence-corrected chi connectivity index (χ1v) is 7.05. The molecule has 0 aliphatic rings. The molecule has 114 valence electrons. The number of rotatable bonds is 6. The van der Waals surface area contributed by atoms with E-state index in [1.807, 2.05) is 55.5 Å². The number of benzene rings is 2. The molecular weight excluding hydrogens is 276 g/mol. The van der Waals surface area contributed by atoms with Gasteiger partial charge < -0.3 is 9.47 Å². The van der Waals surface area contributed by atoms with Gasteiger partial charge in [-0.2, -0.15) is 5.26 Å². The van der Waals surface area contributed by atoms with Gasteiger partial charge >= 0.3 is 0 Å². The molecule has 0 saturated heterocycles. The third-order valence-corrected chi connectivity index (χ3v) is 3.67. The molecule has 0 aliphatic heterocycles. The Hall–Kier alpha value is -2.51. The van der Waals surface area contributed by atoms with Crippen molar-refractivity contribution in [2.75, 3.05) is 14.2 Å². The average molecular weight is 296 g/mol. The van der Waals surface area contributed by atoms with Crippen molar-refractivity contribution >= 4 is 0 Å². The topological polar surface area (TPSA) is 54.3 Å². The summed E-state index contributed by atoms with van der Waals surface area (Å²) >= 11 is 0. The maximum absolute atomic E-state index is 9.54. The Bertz CT molecular complexity index is 665. The molecule has 0 saturated carbocycles. The van der Waals surface area contributed by atoms with Gasteiger partial charge in [-0.05, 0) is 30.2 Å². The van der Waals surface area contributed by atoms with Crippen LogP contribution in [0.5, 0.6) is 11.5 Å². The molecule has 0 radical (unpaired) electrons. The number of nitriles is 1. The van der Waals surface area contributed by atoms with Gasteiger partial charge in [0.25, 0.3) is 0 Å². The first kappa shape index (κ1) is 15.9. The number of hydrogen-bond acceptors (Lipinski definition) is 4. The van der Waals surface area contributed by atoms with Crippen LogP contribution in [0.25, 0.3) is 0 Å². The second-order valence-corrected chi connectivity index (χ2v) is 5.15. The highest BCUT2D eigenvalue weighted by molar-refractivity contribution is 5.43. The van der Waals surface area contributed by atoms with Crippen molar-refractivity contribution in [3.8, 4) is 17.6 Å². The lowest BCUT2D eigenvalue weighted by Gasteiger charge is -2.24. The maximum Gasteiger partial charge on any atom is 0.161 e. The molecule has 2 aromatic rings. The molecule has 4 heteroatoms. The fourth-order valence-corrected chi connectivity index (χ4v) is 2.25. The molecule has 4 nitrogen and oxygen atoms in total. The van der Waals surface area contributed by atoms with Crippen LogP contribution in [0.2, 0.25) is 0 Å². The number of methoxy groups -OCH3 is 2. The summed E-state index contributed by atoms with van der Waals surface area (Å²) in [5.41, 5.74) is 1.22. The van der Waals surface area contributed by atoms with Crippen molar-refractivity contribution in [2.45, 2.75) is 19.0 Å². The third-order valence-electron chi connectivity index (χ3n) is 3.67. The van der Waals surface area contributed by atoms with E-state index in [4.69, 9.17) is 9.47 Å². The Morgan fingerprint density at radius 1 is 1.05 bits per heavy atom. The van der Waals surface area contributed by atoms with E-state index >= 15 is 0 Å². The molecular formula is C18H20N2O2. The highest BCUT2D eigenvalue weighted by atomic mass is 16.5. The SMILES string of the molecule is COc1ccc(CNC(C)(C#N)c2ccccc2)cc1OC. The minimum Gasteiger partial charge on any atom is -0.493 e. The molecule has 0 aromatic heterocycles. The quantitative estimate of drug-likeness (QED) is 0.889. The van der Waals surface area contributed by atoms with E-state index in [0.717, 1.165) is 11.1 Å². The normalized spacial score (nSPS) is 13.0. The summed E-state index contributed by atoms with van der Waals surface area (Å²) < 4.78 is 10.5. The standard InChI is InChI=1S/C18H20N2O2/c1-18(13-19,15-7-5-4-6-8-15)20-12-14-9-10-16(21-2)17(11-14)22-3/h4-11,20H,12H2,1-3H3. The van der Waals surface area contributed by atoms with Crippen LogP contribution in [0.3, 0.4) is 0 Å². The largest absolute Gasteiger partial charge is 0.493 e. The zero-order chi connectivity index (χ0) is 16.0. The van der Waals surface area contributed by atoms with Gasteiger partial charge in [0.1, 0.15) is 5.54 Å². The minimum absolute atomic E-state index is 0.555. The minimum atomic E-state index is -0.742. The number of nitrogens with zero attached hydrogens (tertiary/aromatic N) is 1. The first-order valence-electron chi connectivity index (χ1n) is 7.05. The molecule has 0 spiro atoms. The molecule has 0 bridgehead atoms. The Labute approximate surface area is 131 Å². The van der Waals surface area contributed by atoms with Gasteiger partial charge in [-0.25, -0.2) is 0 Å². The predicted molar refractivity (Wildman–Crippen MR) is 85.8 cm³/mol. The summed E-state index contributed by atoms with van der Waals surface area (Å²) in [6.07, 6.45) is 0. The zero-order valence-electron chi connectivity index (χ0n) is 13.1. The second kappa shape index (κ2) is 6.97. The molecule has 0 fully saturated rings. The van der Waals surface area contributed by atoms with E-state index in [0.29, 0.717) is 18.0 Å². The molecule has 22 heavy (non-hydrogen) atoms. The Kier molecular flexibility index (Phi) is 5.03. The third kappa shape index (κ3) is 3.38. The van der Waals surface area contributed by atoms with Crippen LogP contribution >= 0.6 is 0 Å². The van der Waals surface area contributed by atoms with Crippen LogP contribution in [-0.2, 0) is 12.1 Å². The van der Waals surface area contributed by atoms with E-state index in [2.05, 4.69) is 11.4 Å². The number of ether oxygens (including phenoxy) is 2. The maximum atomic E-state index is 9.54. The van der Waals surface area contributed by atoms with E-state index in [-0.39, 0.29) is 0 Å². The molecule has 0 heterocycles. The molecule has 1 unspecified atom stereocenters. The summed E-state index contributed by atoms with van der Waals surface area (Å²) in [4.78, 5) is 0. The molecule has 1 atom stereocenters. The van der Waals surface area contributed by atoms with Crippen LogP contribution in [0.4, 0.5) is 0 Å². The summed E-state index contributed by atoms with van der Waals surface area (Å²) in [7, 11) is 3.22. The molecule has 2 rings (SSSR count). The van der Waals surface area contributed by atoms with Crippen molar-refractivity contribution in [1.29, 1.82) is 5.26 Å². The Morgan fingerprint density at radius 3 is 2.32 bits per heavy atom. The lowest BCUT2D eigenvalue weighted by Crippen LogP contribution is -2.37. The van der Waals surface area contributed by atoms with E-state index < -0.39 is 5.54 Å². The Morgan fingerprint density at radius 2 is 1.73 bits per heavy atom. The second-order valence-electron chi connectivity index (χ2n) is 5.15. The smallest absolute Gasteiger partial charge is 0.161 e. The van der Waals surface area contributed by atoms with Crippen molar-refractivity contribution in [2.24, 2.45) is 0 Å². The van der Waals surface area contributed by atoms with E-state index in [1.165, 1.54) is 0 Å². The molecule has 0 amide bonds. The van der Waals surface area contributed by atoms with Crippen LogP contribution in [-0.4, -0.2) is 14.2 Å². The van der Waals surface area contributed by atoms with Gasteiger partial charge in [-0.15, -0.1) is 0 Å². The summed E-state index contributed by atoms with van der Waals surface area (Å²) in [6.45, 7) is 2.43. The van der Waals surface area contributed by atoms with Gasteiger partial charge in [0.2, 0.25) is 0 Å². The van der Waals surface area contributed by atoms with Gasteiger partial charge in [0, 0.05) is 6.54 Å². The monoisotopic (exact) mass is 296 g/mol. The lowest BCUT2D eigenvalue weighted by molar-refractivity contribution is 0.354. The number of nitrogens with one attached hydrogen (secondary N) is 1. The van der Waals surface area contributed by atoms with E-state index in [9.17, 15) is 5.26 Å². The molecule has 0 aliphatic carbocycles. The fourth-order valence-electron chi connectivity index (χ4n) is 2.25. The van der Waals surface area contributed by atoms with Gasteiger partial charge in [-0.1, -0.05) is 36.4 Å². The molecule has 1 N–H and O–H groups in total. The van der Waals surface area contributed by atoms with Crippen LogP contribution in [0.15, 0.2) is 48.5 Å². The zero-order valence-corrected chi connectivity index (χ0v) is 13.1. The van der Waals surface area contributed by atoms with Crippen LogP contribution in [0.1, 0.15) is 18.1 Å². The first-order chi connectivity index (χ1) is 10.6. The highest BCUT2D eigenvalue weighted by Gasteiger charge is 2.25. The van der Waals surface area contributed by atoms with Crippen molar-refractivity contribution in [3.63, 3.8) is 0 Å². The number of hydrogen-bond donors (Lipinski definition) is 1. The van der Waals surface area contributed by atoms with Crippen molar-refractivity contribution < 1.29 is 9.47 Å². The fraction of sp³-hybridized carbons (Fsp3) is 0.278. The van der Waals surface area contributed by atoms with Gasteiger partial charge in [0.05, 0.1) is 20.3 Å². The van der Waals surface area contributed by atoms with Crippen molar-refractivity contribution in [1.82, 2.24) is 5.32 Å². The van der Waals surface area contributed by atoms with Crippen LogP contribution < -0.4 is 14.8 Å². The summed E-state index contributed by atoms with van der Waals surface area (Å²) in [6, 6.07) is 17.8. The summed E-state index contributed by atoms with van der Waals surface area (Å²) in [5.74, 6) is 1.37. The highest BCUT2D eigenvalue weighted by Crippen LogP contribution is 2.28. The lowest BCUT2D eigenvalue weighted by atomic mass is 9.93. The van der Waals surface area contributed by atoms with Gasteiger partial charge in [0.15, 0.2) is 11.5 Å². The van der Waals surface area contributed by atoms with Gasteiger partial charge in [-0.3, -0.25) is 5.32 Å². The predicted octanol–water partition coefficient (Wildman–Crippen LogP) is 3.23. The average Bonchev–Trinajstić information content (AvgIpc) is 2.60. The van der Waals surface area contributed by atoms with Crippen LogP contribution in [0, 0.1) is 11.3 Å². The summed E-state index contributed by atoms with van der Waals surface area (Å²) in [5, 5.41) is 12.9. The molecule has 2 aromatic carbocycles. The van der Waals surface area contributed by atoms with Crippen molar-refractivity contribution in [3.05, 3.63) is 59.7 Å². The Balaban J connectivity index is 2.16. The van der Waals surface area contributed by atoms with E-state index in [1.54, 1.807) is 14.2 Å².